The van der Waals surface area contributed by atoms with Crippen LogP contribution in [0, 0.1) is 23.7 Å². The Morgan fingerprint density at radius 3 is 1.85 bits per heavy atom. The number of nitrogens with one attached hydrogen (secondary N) is 4. The number of likely N-dealkylation sites (tertiary alicyclic amines) is 2. The molecule has 4 N–H and O–H groups in total. The summed E-state index contributed by atoms with van der Waals surface area (Å²) in [7, 11) is 2.56. The number of nitrogens with zero attached hydrogens (tertiary/aromatic N) is 4. The molecular weight excluding hydrogens is 592 g/mol. The van der Waals surface area contributed by atoms with E-state index in [1.165, 1.54) is 14.2 Å². The number of aryl methyl sites for hydroxylation is 1. The highest BCUT2D eigenvalue weighted by Crippen LogP contribution is 2.32. The molecule has 0 spiro atoms. The molecule has 14 nitrogen and oxygen atoms in total. The van der Waals surface area contributed by atoms with Crippen molar-refractivity contribution in [3.63, 3.8) is 0 Å². The first-order valence-corrected chi connectivity index (χ1v) is 15.9. The quantitative estimate of drug-likeness (QED) is 0.287. The van der Waals surface area contributed by atoms with Crippen LogP contribution in [0.3, 0.4) is 0 Å². The van der Waals surface area contributed by atoms with Crippen molar-refractivity contribution in [3.8, 4) is 11.8 Å². The minimum Gasteiger partial charge on any atom is -0.453 e. The number of hydrogen-bond donors (Lipinski definition) is 4. The summed E-state index contributed by atoms with van der Waals surface area (Å²) in [5, 5.41) is 5.33. The lowest BCUT2D eigenvalue weighted by Crippen LogP contribution is -2.51. The Hall–Kier alpha value is -4.54. The number of rotatable bonds is 10. The highest BCUT2D eigenvalue weighted by Gasteiger charge is 2.38. The first-order chi connectivity index (χ1) is 22.0. The highest BCUT2D eigenvalue weighted by atomic mass is 16.5. The molecule has 4 heterocycles. The van der Waals surface area contributed by atoms with Crippen molar-refractivity contribution < 1.29 is 28.7 Å². The molecule has 2 aromatic rings. The highest BCUT2D eigenvalue weighted by molar-refractivity contribution is 5.87. The van der Waals surface area contributed by atoms with Gasteiger partial charge in [0.2, 0.25) is 11.8 Å². The minimum atomic E-state index is -0.692. The maximum absolute atomic E-state index is 13.4. The van der Waals surface area contributed by atoms with Crippen molar-refractivity contribution in [2.24, 2.45) is 11.8 Å². The molecule has 4 atom stereocenters. The molecule has 0 radical (unpaired) electrons. The number of aromatic amines is 2. The minimum absolute atomic E-state index is 0.100. The summed E-state index contributed by atoms with van der Waals surface area (Å²) in [6, 6.07) is -1.78. The first-order valence-electron chi connectivity index (χ1n) is 15.9. The normalized spacial score (nSPS) is 19.0. The molecule has 0 aliphatic carbocycles. The van der Waals surface area contributed by atoms with Crippen LogP contribution in [-0.4, -0.2) is 93.1 Å². The number of carbonyl (C=O) groups excluding carboxylic acids is 4. The third-order valence-electron chi connectivity index (χ3n) is 8.47. The number of aromatic nitrogens is 4. The zero-order valence-electron chi connectivity index (χ0n) is 27.5. The molecule has 250 valence electrons. The van der Waals surface area contributed by atoms with E-state index in [0.717, 1.165) is 37.2 Å². The van der Waals surface area contributed by atoms with Gasteiger partial charge in [-0.15, -0.1) is 0 Å². The van der Waals surface area contributed by atoms with Crippen molar-refractivity contribution in [2.45, 2.75) is 90.4 Å². The number of carbonyl (C=O) groups is 4. The summed E-state index contributed by atoms with van der Waals surface area (Å²) < 4.78 is 9.42. The van der Waals surface area contributed by atoms with E-state index in [1.807, 2.05) is 27.7 Å². The molecule has 14 heteroatoms. The van der Waals surface area contributed by atoms with Crippen molar-refractivity contribution in [1.29, 1.82) is 0 Å². The number of ether oxygens (including phenoxy) is 2. The summed E-state index contributed by atoms with van der Waals surface area (Å²) in [5.41, 5.74) is 1.58. The van der Waals surface area contributed by atoms with Gasteiger partial charge in [0.1, 0.15) is 29.4 Å². The number of H-pyrrole nitrogens is 2. The molecule has 0 aromatic carbocycles. The molecule has 2 saturated heterocycles. The van der Waals surface area contributed by atoms with E-state index in [9.17, 15) is 19.2 Å². The third-order valence-corrected chi connectivity index (χ3v) is 8.47. The van der Waals surface area contributed by atoms with Gasteiger partial charge >= 0.3 is 12.2 Å². The predicted molar refractivity (Wildman–Crippen MR) is 168 cm³/mol. The number of hydrogen-bond acceptors (Lipinski definition) is 8. The van der Waals surface area contributed by atoms with Crippen molar-refractivity contribution >= 4 is 24.0 Å². The maximum Gasteiger partial charge on any atom is 0.407 e. The molecule has 4 rings (SSSR count). The topological polar surface area (TPSA) is 175 Å². The molecule has 3 unspecified atom stereocenters. The van der Waals surface area contributed by atoms with Gasteiger partial charge in [0.15, 0.2) is 0 Å². The van der Waals surface area contributed by atoms with E-state index >= 15 is 0 Å². The second kappa shape index (κ2) is 15.6. The molecule has 2 aliphatic heterocycles. The van der Waals surface area contributed by atoms with Crippen LogP contribution in [0.1, 0.15) is 94.9 Å². The largest absolute Gasteiger partial charge is 0.453 e. The van der Waals surface area contributed by atoms with Crippen LogP contribution in [0.4, 0.5) is 9.59 Å². The molecule has 46 heavy (non-hydrogen) atoms. The van der Waals surface area contributed by atoms with Gasteiger partial charge in [0, 0.05) is 31.4 Å². The van der Waals surface area contributed by atoms with Gasteiger partial charge in [-0.05, 0) is 49.9 Å². The van der Waals surface area contributed by atoms with Gasteiger partial charge in [-0.1, -0.05) is 33.6 Å². The van der Waals surface area contributed by atoms with Crippen LogP contribution in [0.5, 0.6) is 0 Å². The van der Waals surface area contributed by atoms with Crippen molar-refractivity contribution in [2.75, 3.05) is 27.3 Å². The second-order valence-electron chi connectivity index (χ2n) is 12.4. The van der Waals surface area contributed by atoms with Crippen LogP contribution >= 0.6 is 0 Å². The zero-order valence-corrected chi connectivity index (χ0v) is 27.5. The average Bonchev–Trinajstić information content (AvgIpc) is 3.86. The number of methoxy groups -OCH3 is 2. The van der Waals surface area contributed by atoms with Crippen LogP contribution in [0.2, 0.25) is 0 Å². The summed E-state index contributed by atoms with van der Waals surface area (Å²) in [6.07, 6.45) is 6.65. The average molecular weight is 639 g/mol. The van der Waals surface area contributed by atoms with Gasteiger partial charge in [-0.2, -0.15) is 0 Å². The number of imidazole rings is 2. The van der Waals surface area contributed by atoms with E-state index in [1.54, 1.807) is 22.2 Å². The zero-order chi connectivity index (χ0) is 33.4. The molecular formula is C32H46N8O6. The van der Waals surface area contributed by atoms with Crippen LogP contribution in [0.25, 0.3) is 0 Å². The smallest absolute Gasteiger partial charge is 0.407 e. The van der Waals surface area contributed by atoms with Gasteiger partial charge in [0.25, 0.3) is 0 Å². The Morgan fingerprint density at radius 2 is 1.35 bits per heavy atom. The fourth-order valence-corrected chi connectivity index (χ4v) is 5.98. The van der Waals surface area contributed by atoms with Crippen molar-refractivity contribution in [1.82, 2.24) is 40.4 Å². The van der Waals surface area contributed by atoms with Crippen LogP contribution < -0.4 is 10.6 Å². The lowest BCUT2D eigenvalue weighted by molar-refractivity contribution is -0.136. The molecule has 0 saturated carbocycles. The lowest BCUT2D eigenvalue weighted by atomic mass is 10.0. The summed E-state index contributed by atoms with van der Waals surface area (Å²) in [5.74, 6) is 7.19. The summed E-state index contributed by atoms with van der Waals surface area (Å²) in [4.78, 5) is 69.7. The standard InChI is InChI=1S/C32H46N8O6/c1-19(2)25(37-31(43)45-5)29(41)39-15-9-13-23(39)27-33-17-21(35-27)11-7-8-12-22-18-34-28(36-22)24-14-10-16-40(24)30(42)26(20(3)4)38-32(44)46-6/h17-20,23-26H,7,9-11,13-16H2,1-6H3,(H,33,35)(H,34,36)(H,37,43)(H,38,44)/t23?,24-,25?,26?/m0/s1. The van der Waals surface area contributed by atoms with E-state index < -0.39 is 24.3 Å². The Balaban J connectivity index is 1.34. The van der Waals surface area contributed by atoms with E-state index in [4.69, 9.17) is 9.47 Å². The SMILES string of the molecule is COC(=O)NC(C(=O)N1CCCC1c1ncc(CCC#Cc2cnc([C@@H]3CCCN3C(=O)C(NC(=O)OC)C(C)C)[nH]2)[nH]1)C(C)C. The Bertz CT molecular complexity index is 1440. The van der Waals surface area contributed by atoms with Gasteiger partial charge in [-0.25, -0.2) is 19.6 Å². The number of amides is 4. The Kier molecular flexibility index (Phi) is 11.7. The molecule has 0 bridgehead atoms. The monoisotopic (exact) mass is 638 g/mol. The number of alkyl carbamates (subject to hydrolysis) is 2. The van der Waals surface area contributed by atoms with E-state index in [-0.39, 0.29) is 35.7 Å². The lowest BCUT2D eigenvalue weighted by Gasteiger charge is -2.30. The van der Waals surface area contributed by atoms with Gasteiger partial charge in [-0.3, -0.25) is 9.59 Å². The first kappa shape index (κ1) is 34.3. The molecule has 2 fully saturated rings. The summed E-state index contributed by atoms with van der Waals surface area (Å²) in [6.45, 7) is 8.72. The third kappa shape index (κ3) is 8.18. The van der Waals surface area contributed by atoms with Crippen LogP contribution in [-0.2, 0) is 25.5 Å². The van der Waals surface area contributed by atoms with E-state index in [0.29, 0.717) is 37.4 Å². The van der Waals surface area contributed by atoms with Gasteiger partial charge in [0.05, 0.1) is 32.5 Å². The molecule has 4 amide bonds. The molecule has 2 aliphatic rings. The summed E-state index contributed by atoms with van der Waals surface area (Å²) >= 11 is 0. The fourth-order valence-electron chi connectivity index (χ4n) is 5.98. The predicted octanol–water partition coefficient (Wildman–Crippen LogP) is 3.21. The fraction of sp³-hybridized carbons (Fsp3) is 0.625. The Morgan fingerprint density at radius 1 is 0.848 bits per heavy atom. The van der Waals surface area contributed by atoms with Crippen LogP contribution in [0.15, 0.2) is 12.4 Å². The Labute approximate surface area is 269 Å². The van der Waals surface area contributed by atoms with Crippen molar-refractivity contribution in [3.05, 3.63) is 35.4 Å². The molecule has 2 aromatic heterocycles. The maximum atomic E-state index is 13.4. The van der Waals surface area contributed by atoms with E-state index in [2.05, 4.69) is 42.4 Å². The van der Waals surface area contributed by atoms with Gasteiger partial charge < -0.3 is 39.9 Å². The second-order valence-corrected chi connectivity index (χ2v) is 12.4.